The van der Waals surface area contributed by atoms with Crippen LogP contribution in [0.15, 0.2) is 24.3 Å². The number of piperazine rings is 1. The maximum absolute atomic E-state index is 12.4. The Kier molecular flexibility index (Phi) is 5.55. The molecule has 136 valence electrons. The molecule has 25 heavy (non-hydrogen) atoms. The molecule has 7 nitrogen and oxygen atoms in total. The highest BCUT2D eigenvalue weighted by Gasteiger charge is 2.27. The fourth-order valence-electron chi connectivity index (χ4n) is 3.25. The van der Waals surface area contributed by atoms with Crippen LogP contribution in [-0.4, -0.2) is 80.6 Å². The minimum absolute atomic E-state index is 0.0201. The van der Waals surface area contributed by atoms with Crippen molar-refractivity contribution in [2.45, 2.75) is 13.0 Å². The van der Waals surface area contributed by atoms with Gasteiger partial charge in [0, 0.05) is 38.8 Å². The summed E-state index contributed by atoms with van der Waals surface area (Å²) >= 11 is 0. The molecule has 1 atom stereocenters. The molecule has 0 radical (unpaired) electrons. The predicted molar refractivity (Wildman–Crippen MR) is 95.8 cm³/mol. The molecule has 7 heteroatoms. The van der Waals surface area contributed by atoms with Gasteiger partial charge in [-0.1, -0.05) is 12.1 Å². The van der Waals surface area contributed by atoms with Gasteiger partial charge in [-0.15, -0.1) is 0 Å². The third-order valence-corrected chi connectivity index (χ3v) is 4.65. The Balaban J connectivity index is 1.53. The number of hydrogen-bond donors (Lipinski definition) is 1. The average Bonchev–Trinajstić information content (AvgIpc) is 2.59. The Hall–Kier alpha value is -2.12. The Morgan fingerprint density at radius 2 is 1.96 bits per heavy atom. The van der Waals surface area contributed by atoms with Crippen LogP contribution in [0.4, 0.5) is 5.69 Å². The molecular weight excluding hydrogens is 320 g/mol. The van der Waals surface area contributed by atoms with Crippen LogP contribution in [0, 0.1) is 0 Å². The minimum Gasteiger partial charge on any atom is -0.482 e. The van der Waals surface area contributed by atoms with Gasteiger partial charge >= 0.3 is 0 Å². The first-order valence-corrected chi connectivity index (χ1v) is 8.75. The number of carbonyl (C=O) groups is 2. The van der Waals surface area contributed by atoms with E-state index in [4.69, 9.17) is 4.74 Å². The van der Waals surface area contributed by atoms with Crippen molar-refractivity contribution < 1.29 is 14.3 Å². The zero-order chi connectivity index (χ0) is 17.8. The van der Waals surface area contributed by atoms with E-state index in [1.54, 1.807) is 6.07 Å². The Labute approximate surface area is 148 Å². The third-order valence-electron chi connectivity index (χ3n) is 4.65. The van der Waals surface area contributed by atoms with Crippen molar-refractivity contribution in [1.82, 2.24) is 15.1 Å². The van der Waals surface area contributed by atoms with Crippen LogP contribution in [0.25, 0.3) is 0 Å². The zero-order valence-corrected chi connectivity index (χ0v) is 14.9. The van der Waals surface area contributed by atoms with Gasteiger partial charge in [0.1, 0.15) is 12.3 Å². The largest absolute Gasteiger partial charge is 0.482 e. The lowest BCUT2D eigenvalue weighted by Crippen LogP contribution is -2.51. The van der Waals surface area contributed by atoms with E-state index in [0.29, 0.717) is 11.4 Å². The standard InChI is InChI=1S/C18H26N4O3/c1-14(11-21-9-7-20(2)8-10-21)19-17(23)12-22-15-5-3-4-6-16(15)25-13-18(22)24/h3-6,14H,7-13H2,1-2H3,(H,19,23)/t14-/m0/s1. The summed E-state index contributed by atoms with van der Waals surface area (Å²) in [6, 6.07) is 7.34. The second-order valence-corrected chi connectivity index (χ2v) is 6.81. The summed E-state index contributed by atoms with van der Waals surface area (Å²) in [6.07, 6.45) is 0. The van der Waals surface area contributed by atoms with E-state index < -0.39 is 0 Å². The van der Waals surface area contributed by atoms with Gasteiger partial charge in [0.25, 0.3) is 5.91 Å². The van der Waals surface area contributed by atoms with E-state index in [0.717, 1.165) is 32.7 Å². The normalized spacial score (nSPS) is 19.9. The summed E-state index contributed by atoms with van der Waals surface area (Å²) in [5.41, 5.74) is 0.653. The SMILES string of the molecule is C[C@@H](CN1CCN(C)CC1)NC(=O)CN1C(=O)COc2ccccc21. The highest BCUT2D eigenvalue weighted by atomic mass is 16.5. The lowest BCUT2D eigenvalue weighted by Gasteiger charge is -2.34. The number of hydrogen-bond acceptors (Lipinski definition) is 5. The molecule has 1 aromatic carbocycles. The minimum atomic E-state index is -0.194. The smallest absolute Gasteiger partial charge is 0.265 e. The van der Waals surface area contributed by atoms with Crippen molar-refractivity contribution in [2.75, 3.05) is 57.8 Å². The van der Waals surface area contributed by atoms with Gasteiger partial charge in [0.05, 0.1) is 5.69 Å². The number of benzene rings is 1. The highest BCUT2D eigenvalue weighted by Crippen LogP contribution is 2.31. The lowest BCUT2D eigenvalue weighted by molar-refractivity contribution is -0.125. The molecule has 3 rings (SSSR count). The summed E-state index contributed by atoms with van der Waals surface area (Å²) in [6.45, 7) is 6.98. The van der Waals surface area contributed by atoms with Crippen molar-refractivity contribution in [3.05, 3.63) is 24.3 Å². The van der Waals surface area contributed by atoms with Crippen LogP contribution in [0.2, 0.25) is 0 Å². The van der Waals surface area contributed by atoms with E-state index in [1.165, 1.54) is 4.90 Å². The Morgan fingerprint density at radius 1 is 1.24 bits per heavy atom. The number of anilines is 1. The molecule has 1 aromatic rings. The van der Waals surface area contributed by atoms with E-state index in [1.807, 2.05) is 25.1 Å². The number of nitrogens with zero attached hydrogens (tertiary/aromatic N) is 3. The van der Waals surface area contributed by atoms with Crippen LogP contribution in [-0.2, 0) is 9.59 Å². The van der Waals surface area contributed by atoms with Crippen molar-refractivity contribution >= 4 is 17.5 Å². The van der Waals surface area contributed by atoms with E-state index >= 15 is 0 Å². The summed E-state index contributed by atoms with van der Waals surface area (Å²) in [4.78, 5) is 30.7. The molecule has 2 heterocycles. The van der Waals surface area contributed by atoms with Crippen molar-refractivity contribution in [1.29, 1.82) is 0 Å². The number of fused-ring (bicyclic) bond motifs is 1. The van der Waals surface area contributed by atoms with Gasteiger partial charge in [-0.2, -0.15) is 0 Å². The van der Waals surface area contributed by atoms with Gasteiger partial charge in [-0.25, -0.2) is 0 Å². The number of ether oxygens (including phenoxy) is 1. The van der Waals surface area contributed by atoms with Gasteiger partial charge in [-0.05, 0) is 26.1 Å². The van der Waals surface area contributed by atoms with Crippen LogP contribution in [0.3, 0.4) is 0 Å². The number of nitrogens with one attached hydrogen (secondary N) is 1. The molecule has 1 fully saturated rings. The zero-order valence-electron chi connectivity index (χ0n) is 14.9. The van der Waals surface area contributed by atoms with Crippen molar-refractivity contribution in [3.8, 4) is 5.75 Å². The van der Waals surface area contributed by atoms with Gasteiger partial charge in [0.15, 0.2) is 6.61 Å². The molecule has 1 saturated heterocycles. The second-order valence-electron chi connectivity index (χ2n) is 6.81. The van der Waals surface area contributed by atoms with Crippen LogP contribution < -0.4 is 15.0 Å². The fraction of sp³-hybridized carbons (Fsp3) is 0.556. The molecule has 0 saturated carbocycles. The van der Waals surface area contributed by atoms with Gasteiger partial charge < -0.3 is 15.0 Å². The maximum atomic E-state index is 12.4. The molecule has 0 unspecified atom stereocenters. The number of para-hydroxylation sites is 2. The lowest BCUT2D eigenvalue weighted by atomic mass is 10.2. The van der Waals surface area contributed by atoms with E-state index in [-0.39, 0.29) is 31.0 Å². The number of rotatable bonds is 5. The quantitative estimate of drug-likeness (QED) is 0.823. The molecule has 0 aliphatic carbocycles. The Morgan fingerprint density at radius 3 is 2.72 bits per heavy atom. The van der Waals surface area contributed by atoms with Gasteiger partial charge in [-0.3, -0.25) is 19.4 Å². The molecule has 0 aromatic heterocycles. The fourth-order valence-corrected chi connectivity index (χ4v) is 3.25. The van der Waals surface area contributed by atoms with E-state index in [2.05, 4.69) is 22.2 Å². The van der Waals surface area contributed by atoms with Crippen LogP contribution >= 0.6 is 0 Å². The van der Waals surface area contributed by atoms with Gasteiger partial charge in [0.2, 0.25) is 5.91 Å². The highest BCUT2D eigenvalue weighted by molar-refractivity contribution is 6.02. The topological polar surface area (TPSA) is 65.1 Å². The van der Waals surface area contributed by atoms with Crippen LogP contribution in [0.1, 0.15) is 6.92 Å². The molecular formula is C18H26N4O3. The second kappa shape index (κ2) is 7.84. The predicted octanol–water partition coefficient (Wildman–Crippen LogP) is 0.164. The summed E-state index contributed by atoms with van der Waals surface area (Å²) in [7, 11) is 2.12. The Bertz CT molecular complexity index is 629. The monoisotopic (exact) mass is 346 g/mol. The average molecular weight is 346 g/mol. The van der Waals surface area contributed by atoms with Crippen LogP contribution in [0.5, 0.6) is 5.75 Å². The van der Waals surface area contributed by atoms with Crippen molar-refractivity contribution in [3.63, 3.8) is 0 Å². The first kappa shape index (κ1) is 17.7. The number of likely N-dealkylation sites (N-methyl/N-ethyl adjacent to an activating group) is 1. The number of amides is 2. The maximum Gasteiger partial charge on any atom is 0.265 e. The van der Waals surface area contributed by atoms with Crippen molar-refractivity contribution in [2.24, 2.45) is 0 Å². The third kappa shape index (κ3) is 4.49. The molecule has 2 aliphatic rings. The molecule has 0 bridgehead atoms. The summed E-state index contributed by atoms with van der Waals surface area (Å²) in [5, 5.41) is 3.01. The number of carbonyl (C=O) groups excluding carboxylic acids is 2. The summed E-state index contributed by atoms with van der Waals surface area (Å²) < 4.78 is 5.40. The molecule has 2 amide bonds. The molecule has 0 spiro atoms. The molecule has 2 aliphatic heterocycles. The molecule has 1 N–H and O–H groups in total. The first-order valence-electron chi connectivity index (χ1n) is 8.75. The summed E-state index contributed by atoms with van der Waals surface area (Å²) in [5.74, 6) is 0.299. The van der Waals surface area contributed by atoms with E-state index in [9.17, 15) is 9.59 Å². The first-order chi connectivity index (χ1) is 12.0.